The van der Waals surface area contributed by atoms with Crippen LogP contribution >= 0.6 is 0 Å². The van der Waals surface area contributed by atoms with E-state index < -0.39 is 0 Å². The lowest BCUT2D eigenvalue weighted by molar-refractivity contribution is 0.0779. The number of aryl methyl sites for hydroxylation is 1. The highest BCUT2D eigenvalue weighted by Gasteiger charge is 2.32. The Hall–Kier alpha value is -2.72. The second kappa shape index (κ2) is 6.58. The highest BCUT2D eigenvalue weighted by Crippen LogP contribution is 2.32. The second-order valence-corrected chi connectivity index (χ2v) is 5.49. The molecule has 7 heteroatoms. The minimum atomic E-state index is -0.201. The van der Waals surface area contributed by atoms with Crippen LogP contribution in [-0.4, -0.2) is 33.6 Å². The van der Waals surface area contributed by atoms with E-state index in [1.54, 1.807) is 12.3 Å². The Kier molecular flexibility index (Phi) is 4.35. The third-order valence-corrected chi connectivity index (χ3v) is 3.99. The highest BCUT2D eigenvalue weighted by atomic mass is 16.5. The van der Waals surface area contributed by atoms with Crippen molar-refractivity contribution in [1.29, 1.82) is 5.26 Å². The highest BCUT2D eigenvalue weighted by molar-refractivity contribution is 5.93. The average Bonchev–Trinajstić information content (AvgIpc) is 3.20. The van der Waals surface area contributed by atoms with Crippen molar-refractivity contribution < 1.29 is 9.53 Å². The fraction of sp³-hybridized carbons (Fsp3) is 0.375. The molecule has 0 spiro atoms. The van der Waals surface area contributed by atoms with Crippen LogP contribution in [0.1, 0.15) is 34.4 Å². The first-order valence-electron chi connectivity index (χ1n) is 7.42. The summed E-state index contributed by atoms with van der Waals surface area (Å²) in [7, 11) is 1.93. The number of carbonyl (C=O) groups is 1. The molecule has 7 nitrogen and oxygen atoms in total. The molecule has 1 N–H and O–H groups in total. The molecule has 118 valence electrons. The number of imidazole rings is 1. The van der Waals surface area contributed by atoms with Gasteiger partial charge in [-0.2, -0.15) is 5.26 Å². The van der Waals surface area contributed by atoms with Gasteiger partial charge in [-0.1, -0.05) is 0 Å². The van der Waals surface area contributed by atoms with Crippen LogP contribution in [0.25, 0.3) is 0 Å². The Bertz CT molecular complexity index is 732. The van der Waals surface area contributed by atoms with Crippen molar-refractivity contribution in [3.8, 4) is 6.07 Å². The summed E-state index contributed by atoms with van der Waals surface area (Å²) >= 11 is 0. The first-order chi connectivity index (χ1) is 11.2. The zero-order valence-corrected chi connectivity index (χ0v) is 12.8. The molecule has 0 bridgehead atoms. The minimum absolute atomic E-state index is 0.102. The van der Waals surface area contributed by atoms with Crippen molar-refractivity contribution in [2.75, 3.05) is 13.2 Å². The van der Waals surface area contributed by atoms with E-state index in [1.165, 1.54) is 12.3 Å². The van der Waals surface area contributed by atoms with Gasteiger partial charge in [-0.25, -0.2) is 9.97 Å². The molecule has 2 aromatic rings. The molecule has 1 saturated heterocycles. The molecule has 2 aromatic heterocycles. The van der Waals surface area contributed by atoms with Gasteiger partial charge in [-0.15, -0.1) is 0 Å². The molecule has 1 aliphatic heterocycles. The number of nitrogens with zero attached hydrogens (tertiary/aromatic N) is 4. The van der Waals surface area contributed by atoms with Crippen LogP contribution in [0.2, 0.25) is 0 Å². The number of nitriles is 1. The molecule has 0 radical (unpaired) electrons. The molecule has 1 amide bonds. The predicted molar refractivity (Wildman–Crippen MR) is 81.3 cm³/mol. The third-order valence-electron chi connectivity index (χ3n) is 3.99. The SMILES string of the molecule is Cn1ccnc1[C@@H]1OCC[C@H]1CNC(=O)c1ccc(C#N)nc1. The van der Waals surface area contributed by atoms with Crippen molar-refractivity contribution in [3.63, 3.8) is 0 Å². The van der Waals surface area contributed by atoms with E-state index in [2.05, 4.69) is 15.3 Å². The number of amides is 1. The quantitative estimate of drug-likeness (QED) is 0.915. The predicted octanol–water partition coefficient (Wildman–Crippen LogP) is 1.19. The van der Waals surface area contributed by atoms with E-state index in [9.17, 15) is 4.79 Å². The summed E-state index contributed by atoms with van der Waals surface area (Å²) in [5.74, 6) is 0.862. The largest absolute Gasteiger partial charge is 0.370 e. The van der Waals surface area contributed by atoms with Crippen LogP contribution in [0, 0.1) is 17.2 Å². The number of rotatable bonds is 4. The topological polar surface area (TPSA) is 92.8 Å². The van der Waals surface area contributed by atoms with Gasteiger partial charge in [0, 0.05) is 44.7 Å². The van der Waals surface area contributed by atoms with Gasteiger partial charge in [0.15, 0.2) is 0 Å². The van der Waals surface area contributed by atoms with Crippen molar-refractivity contribution in [1.82, 2.24) is 19.9 Å². The molecule has 0 saturated carbocycles. The Balaban J connectivity index is 1.62. The van der Waals surface area contributed by atoms with Crippen LogP contribution in [-0.2, 0) is 11.8 Å². The summed E-state index contributed by atoms with van der Waals surface area (Å²) in [6.45, 7) is 1.17. The number of aromatic nitrogens is 3. The number of hydrogen-bond acceptors (Lipinski definition) is 5. The van der Waals surface area contributed by atoms with Gasteiger partial charge >= 0.3 is 0 Å². The molecule has 0 unspecified atom stereocenters. The average molecular weight is 311 g/mol. The van der Waals surface area contributed by atoms with Crippen LogP contribution in [0.15, 0.2) is 30.7 Å². The fourth-order valence-electron chi connectivity index (χ4n) is 2.70. The molecule has 1 aliphatic rings. The summed E-state index contributed by atoms with van der Waals surface area (Å²) in [6, 6.07) is 5.06. The molecular weight excluding hydrogens is 294 g/mol. The van der Waals surface area contributed by atoms with E-state index >= 15 is 0 Å². The maximum Gasteiger partial charge on any atom is 0.252 e. The first kappa shape index (κ1) is 15.2. The van der Waals surface area contributed by atoms with Crippen molar-refractivity contribution >= 4 is 5.91 Å². The van der Waals surface area contributed by atoms with Crippen LogP contribution in [0.3, 0.4) is 0 Å². The van der Waals surface area contributed by atoms with Gasteiger partial charge in [0.05, 0.1) is 5.56 Å². The van der Waals surface area contributed by atoms with E-state index in [0.29, 0.717) is 24.4 Å². The zero-order chi connectivity index (χ0) is 16.2. The summed E-state index contributed by atoms with van der Waals surface area (Å²) < 4.78 is 7.72. The van der Waals surface area contributed by atoms with E-state index in [0.717, 1.165) is 12.2 Å². The lowest BCUT2D eigenvalue weighted by Crippen LogP contribution is -2.31. The third kappa shape index (κ3) is 3.22. The number of carbonyl (C=O) groups excluding carboxylic acids is 1. The van der Waals surface area contributed by atoms with E-state index in [4.69, 9.17) is 10.00 Å². The van der Waals surface area contributed by atoms with Gasteiger partial charge in [0.1, 0.15) is 23.7 Å². The lowest BCUT2D eigenvalue weighted by atomic mass is 10.0. The summed E-state index contributed by atoms with van der Waals surface area (Å²) in [5, 5.41) is 11.6. The van der Waals surface area contributed by atoms with Crippen molar-refractivity contribution in [2.45, 2.75) is 12.5 Å². The molecule has 3 rings (SSSR count). The molecular formula is C16H17N5O2. The maximum atomic E-state index is 12.2. The smallest absolute Gasteiger partial charge is 0.252 e. The van der Waals surface area contributed by atoms with Gasteiger partial charge in [0.25, 0.3) is 5.91 Å². The molecule has 1 fully saturated rings. The summed E-state index contributed by atoms with van der Waals surface area (Å²) in [4.78, 5) is 20.4. The minimum Gasteiger partial charge on any atom is -0.370 e. The second-order valence-electron chi connectivity index (χ2n) is 5.49. The first-order valence-corrected chi connectivity index (χ1v) is 7.42. The van der Waals surface area contributed by atoms with E-state index in [1.807, 2.05) is 23.9 Å². The van der Waals surface area contributed by atoms with Crippen molar-refractivity contribution in [3.05, 3.63) is 47.8 Å². The maximum absolute atomic E-state index is 12.2. The van der Waals surface area contributed by atoms with Gasteiger partial charge in [-0.05, 0) is 18.6 Å². The number of hydrogen-bond donors (Lipinski definition) is 1. The Morgan fingerprint density at radius 2 is 2.39 bits per heavy atom. The number of nitrogens with one attached hydrogen (secondary N) is 1. The lowest BCUT2D eigenvalue weighted by Gasteiger charge is -2.18. The monoisotopic (exact) mass is 311 g/mol. The number of ether oxygens (including phenoxy) is 1. The molecule has 0 aliphatic carbocycles. The van der Waals surface area contributed by atoms with E-state index in [-0.39, 0.29) is 17.9 Å². The molecule has 3 heterocycles. The molecule has 2 atom stereocenters. The van der Waals surface area contributed by atoms with Crippen LogP contribution in [0.4, 0.5) is 0 Å². The van der Waals surface area contributed by atoms with Gasteiger partial charge < -0.3 is 14.6 Å². The standard InChI is InChI=1S/C16H17N5O2/c1-21-6-5-18-15(21)14-11(4-7-23-14)9-20-16(22)12-2-3-13(8-17)19-10-12/h2-3,5-6,10-11,14H,4,7,9H2,1H3,(H,20,22)/t11-,14+/m0/s1. The summed E-state index contributed by atoms with van der Waals surface area (Å²) in [6.07, 6.45) is 5.82. The normalized spacial score (nSPS) is 20.2. The zero-order valence-electron chi connectivity index (χ0n) is 12.8. The Labute approximate surface area is 133 Å². The number of pyridine rings is 1. The summed E-state index contributed by atoms with van der Waals surface area (Å²) in [5.41, 5.74) is 0.733. The Morgan fingerprint density at radius 1 is 1.52 bits per heavy atom. The van der Waals surface area contributed by atoms with Crippen molar-refractivity contribution in [2.24, 2.45) is 13.0 Å². The molecule has 23 heavy (non-hydrogen) atoms. The van der Waals surface area contributed by atoms with Gasteiger partial charge in [-0.3, -0.25) is 4.79 Å². The van der Waals surface area contributed by atoms with Crippen LogP contribution in [0.5, 0.6) is 0 Å². The fourth-order valence-corrected chi connectivity index (χ4v) is 2.70. The molecule has 0 aromatic carbocycles. The Morgan fingerprint density at radius 3 is 3.04 bits per heavy atom. The van der Waals surface area contributed by atoms with Crippen LogP contribution < -0.4 is 5.32 Å². The van der Waals surface area contributed by atoms with Gasteiger partial charge in [0.2, 0.25) is 0 Å².